The van der Waals surface area contributed by atoms with Gasteiger partial charge < -0.3 is 10.2 Å². The van der Waals surface area contributed by atoms with E-state index in [0.717, 1.165) is 28.5 Å². The third kappa shape index (κ3) is 2.78. The number of nitrogens with one attached hydrogen (secondary N) is 1. The first-order valence-corrected chi connectivity index (χ1v) is 8.66. The summed E-state index contributed by atoms with van der Waals surface area (Å²) in [5.74, 6) is 0.0689. The molecule has 1 aromatic carbocycles. The molecule has 2 aromatic heterocycles. The van der Waals surface area contributed by atoms with Gasteiger partial charge >= 0.3 is 0 Å². The van der Waals surface area contributed by atoms with E-state index in [0.29, 0.717) is 6.54 Å². The van der Waals surface area contributed by atoms with E-state index in [1.54, 1.807) is 15.8 Å². The molecular weight excluding hydrogens is 322 g/mol. The second-order valence-corrected chi connectivity index (χ2v) is 6.61. The van der Waals surface area contributed by atoms with Crippen LogP contribution in [0.1, 0.15) is 6.42 Å². The average molecular weight is 339 g/mol. The minimum atomic E-state index is -0.236. The van der Waals surface area contributed by atoms with Gasteiger partial charge in [0.1, 0.15) is 6.04 Å². The fraction of sp³-hybridized carbons (Fsp3) is 0.235. The number of carbonyl (C=O) groups is 1. The van der Waals surface area contributed by atoms with Gasteiger partial charge in [-0.1, -0.05) is 30.3 Å². The fourth-order valence-corrected chi connectivity index (χ4v) is 3.62. The first-order chi connectivity index (χ1) is 11.7. The molecule has 4 rings (SSSR count). The molecule has 1 atom stereocenters. The van der Waals surface area contributed by atoms with E-state index >= 15 is 0 Å². The zero-order chi connectivity index (χ0) is 16.5. The lowest BCUT2D eigenvalue weighted by Gasteiger charge is -2.14. The SMILES string of the molecule is Cn1cc(N2CC[C@@H](Nc3nc(-c4ccccc4)cs3)C2=O)cn1. The molecule has 0 spiro atoms. The Morgan fingerprint density at radius 1 is 1.29 bits per heavy atom. The molecule has 1 fully saturated rings. The lowest BCUT2D eigenvalue weighted by atomic mass is 10.2. The van der Waals surface area contributed by atoms with Crippen molar-refractivity contribution in [2.45, 2.75) is 12.5 Å². The molecule has 1 N–H and O–H groups in total. The summed E-state index contributed by atoms with van der Waals surface area (Å²) >= 11 is 1.52. The highest BCUT2D eigenvalue weighted by atomic mass is 32.1. The largest absolute Gasteiger partial charge is 0.350 e. The molecule has 1 aliphatic rings. The number of anilines is 2. The first kappa shape index (κ1) is 14.9. The number of hydrogen-bond donors (Lipinski definition) is 1. The maximum Gasteiger partial charge on any atom is 0.249 e. The molecule has 0 saturated carbocycles. The monoisotopic (exact) mass is 339 g/mol. The number of aryl methyl sites for hydroxylation is 1. The Bertz CT molecular complexity index is 857. The van der Waals surface area contributed by atoms with Crippen LogP contribution in [-0.2, 0) is 11.8 Å². The molecule has 0 unspecified atom stereocenters. The lowest BCUT2D eigenvalue weighted by molar-refractivity contribution is -0.117. The highest BCUT2D eigenvalue weighted by Gasteiger charge is 2.33. The summed E-state index contributed by atoms with van der Waals surface area (Å²) in [5, 5.41) is 10.2. The van der Waals surface area contributed by atoms with Crippen molar-refractivity contribution in [2.75, 3.05) is 16.8 Å². The third-order valence-corrected chi connectivity index (χ3v) is 4.85. The van der Waals surface area contributed by atoms with Crippen LogP contribution in [0.4, 0.5) is 10.8 Å². The fourth-order valence-electron chi connectivity index (χ4n) is 2.85. The molecule has 1 saturated heterocycles. The Kier molecular flexibility index (Phi) is 3.78. The van der Waals surface area contributed by atoms with E-state index in [4.69, 9.17) is 0 Å². The molecule has 0 aliphatic carbocycles. The van der Waals surface area contributed by atoms with Gasteiger partial charge in [0.05, 0.1) is 17.6 Å². The molecule has 24 heavy (non-hydrogen) atoms. The highest BCUT2D eigenvalue weighted by Crippen LogP contribution is 2.27. The summed E-state index contributed by atoms with van der Waals surface area (Å²) in [6.07, 6.45) is 4.34. The lowest BCUT2D eigenvalue weighted by Crippen LogP contribution is -2.33. The molecule has 3 heterocycles. The van der Waals surface area contributed by atoms with Crippen molar-refractivity contribution in [1.82, 2.24) is 14.8 Å². The van der Waals surface area contributed by atoms with Crippen LogP contribution < -0.4 is 10.2 Å². The van der Waals surface area contributed by atoms with Gasteiger partial charge in [0.25, 0.3) is 0 Å². The number of rotatable bonds is 4. The minimum Gasteiger partial charge on any atom is -0.350 e. The summed E-state index contributed by atoms with van der Waals surface area (Å²) in [6, 6.07) is 9.80. The van der Waals surface area contributed by atoms with Crippen LogP contribution in [0.3, 0.4) is 0 Å². The first-order valence-electron chi connectivity index (χ1n) is 7.78. The molecule has 0 radical (unpaired) electrons. The molecule has 3 aromatic rings. The van der Waals surface area contributed by atoms with E-state index in [2.05, 4.69) is 15.4 Å². The standard InChI is InChI=1S/C17H17N5OS/c1-21-10-13(9-18-21)22-8-7-14(16(22)23)19-17-20-15(11-24-17)12-5-3-2-4-6-12/h2-6,9-11,14H,7-8H2,1H3,(H,19,20)/t14-/m1/s1. The predicted molar refractivity (Wildman–Crippen MR) is 95.1 cm³/mol. The van der Waals surface area contributed by atoms with Crippen LogP contribution in [-0.4, -0.2) is 33.3 Å². The van der Waals surface area contributed by atoms with Crippen LogP contribution in [0.5, 0.6) is 0 Å². The van der Waals surface area contributed by atoms with Crippen molar-refractivity contribution in [1.29, 1.82) is 0 Å². The van der Waals surface area contributed by atoms with Crippen molar-refractivity contribution in [3.8, 4) is 11.3 Å². The molecule has 122 valence electrons. The number of amides is 1. The quantitative estimate of drug-likeness (QED) is 0.794. The molecule has 0 bridgehead atoms. The van der Waals surface area contributed by atoms with E-state index < -0.39 is 0 Å². The number of benzene rings is 1. The van der Waals surface area contributed by atoms with E-state index in [-0.39, 0.29) is 11.9 Å². The van der Waals surface area contributed by atoms with Crippen molar-refractivity contribution >= 4 is 28.1 Å². The zero-order valence-electron chi connectivity index (χ0n) is 13.2. The number of carbonyl (C=O) groups excluding carboxylic acids is 1. The Morgan fingerprint density at radius 3 is 2.88 bits per heavy atom. The van der Waals surface area contributed by atoms with Crippen LogP contribution >= 0.6 is 11.3 Å². The van der Waals surface area contributed by atoms with Gasteiger partial charge in [-0.05, 0) is 6.42 Å². The normalized spacial score (nSPS) is 17.5. The summed E-state index contributed by atoms with van der Waals surface area (Å²) in [4.78, 5) is 19.0. The van der Waals surface area contributed by atoms with Gasteiger partial charge in [-0.2, -0.15) is 5.10 Å². The van der Waals surface area contributed by atoms with Gasteiger partial charge in [-0.15, -0.1) is 11.3 Å². The topological polar surface area (TPSA) is 63.1 Å². The van der Waals surface area contributed by atoms with Crippen molar-refractivity contribution in [2.24, 2.45) is 7.05 Å². The smallest absolute Gasteiger partial charge is 0.249 e. The van der Waals surface area contributed by atoms with Gasteiger partial charge in [0.15, 0.2) is 5.13 Å². The zero-order valence-corrected chi connectivity index (χ0v) is 14.0. The Balaban J connectivity index is 1.47. The van der Waals surface area contributed by atoms with Gasteiger partial charge in [0.2, 0.25) is 5.91 Å². The molecule has 1 aliphatic heterocycles. The second kappa shape index (κ2) is 6.09. The van der Waals surface area contributed by atoms with Crippen molar-refractivity contribution in [3.05, 3.63) is 48.1 Å². The van der Waals surface area contributed by atoms with Crippen molar-refractivity contribution < 1.29 is 4.79 Å². The van der Waals surface area contributed by atoms with Gasteiger partial charge in [0, 0.05) is 30.7 Å². The van der Waals surface area contributed by atoms with Crippen LogP contribution in [0.25, 0.3) is 11.3 Å². The second-order valence-electron chi connectivity index (χ2n) is 5.75. The maximum atomic E-state index is 12.6. The third-order valence-electron chi connectivity index (χ3n) is 4.08. The summed E-state index contributed by atoms with van der Waals surface area (Å²) in [5.41, 5.74) is 2.85. The van der Waals surface area contributed by atoms with Crippen LogP contribution in [0.15, 0.2) is 48.1 Å². The molecule has 1 amide bonds. The van der Waals surface area contributed by atoms with E-state index in [1.165, 1.54) is 11.3 Å². The Labute approximate surface area is 143 Å². The Hall–Kier alpha value is -2.67. The van der Waals surface area contributed by atoms with E-state index in [1.807, 2.05) is 49.0 Å². The average Bonchev–Trinajstić information content (AvgIpc) is 3.31. The number of nitrogens with zero attached hydrogens (tertiary/aromatic N) is 4. The predicted octanol–water partition coefficient (Wildman–Crippen LogP) is 2.76. The number of hydrogen-bond acceptors (Lipinski definition) is 5. The molecule has 6 nitrogen and oxygen atoms in total. The van der Waals surface area contributed by atoms with Gasteiger partial charge in [-0.3, -0.25) is 9.48 Å². The van der Waals surface area contributed by atoms with Gasteiger partial charge in [-0.25, -0.2) is 4.98 Å². The molecule has 7 heteroatoms. The summed E-state index contributed by atoms with van der Waals surface area (Å²) < 4.78 is 1.70. The van der Waals surface area contributed by atoms with Crippen LogP contribution in [0, 0.1) is 0 Å². The molecular formula is C17H17N5OS. The van der Waals surface area contributed by atoms with Crippen molar-refractivity contribution in [3.63, 3.8) is 0 Å². The maximum absolute atomic E-state index is 12.6. The summed E-state index contributed by atoms with van der Waals surface area (Å²) in [6.45, 7) is 0.694. The van der Waals surface area contributed by atoms with Crippen LogP contribution in [0.2, 0.25) is 0 Å². The van der Waals surface area contributed by atoms with E-state index in [9.17, 15) is 4.79 Å². The Morgan fingerprint density at radius 2 is 2.12 bits per heavy atom. The highest BCUT2D eigenvalue weighted by molar-refractivity contribution is 7.14. The summed E-state index contributed by atoms with van der Waals surface area (Å²) in [7, 11) is 1.85. The minimum absolute atomic E-state index is 0.0689. The number of thiazole rings is 1. The number of aromatic nitrogens is 3.